The van der Waals surface area contributed by atoms with Crippen LogP contribution in [0.15, 0.2) is 0 Å². The number of aliphatic hydroxyl groups excluding tert-OH is 2. The highest BCUT2D eigenvalue weighted by Gasteiger charge is 2.43. The molecule has 0 fully saturated rings. The maximum atomic E-state index is 11.2. The minimum Gasteiger partial charge on any atom is -0.383 e. The zero-order chi connectivity index (χ0) is 18.5. The molecule has 4 atom stereocenters. The van der Waals surface area contributed by atoms with Crippen LogP contribution in [0.4, 0.5) is 0 Å². The van der Waals surface area contributed by atoms with Crippen molar-refractivity contribution in [2.24, 2.45) is 0 Å². The van der Waals surface area contributed by atoms with E-state index in [-0.39, 0.29) is 12.8 Å². The van der Waals surface area contributed by atoms with Gasteiger partial charge in [0.1, 0.15) is 0 Å². The van der Waals surface area contributed by atoms with E-state index in [1.807, 2.05) is 13.8 Å². The molecule has 0 saturated heterocycles. The lowest BCUT2D eigenvalue weighted by Gasteiger charge is -2.23. The van der Waals surface area contributed by atoms with Crippen molar-refractivity contribution in [3.63, 3.8) is 0 Å². The van der Waals surface area contributed by atoms with Gasteiger partial charge >= 0.3 is 0 Å². The zero-order valence-electron chi connectivity index (χ0n) is 14.8. The van der Waals surface area contributed by atoms with Gasteiger partial charge in [0.25, 0.3) is 0 Å². The molecule has 0 aromatic rings. The van der Waals surface area contributed by atoms with Gasteiger partial charge < -0.3 is 10.2 Å². The molecule has 0 aromatic carbocycles. The van der Waals surface area contributed by atoms with Crippen molar-refractivity contribution in [2.75, 3.05) is 0 Å². The highest BCUT2D eigenvalue weighted by atomic mass is 16.6. The van der Waals surface area contributed by atoms with Gasteiger partial charge in [-0.25, -0.2) is 0 Å². The van der Waals surface area contributed by atoms with Crippen LogP contribution >= 0.6 is 0 Å². The van der Waals surface area contributed by atoms with E-state index in [2.05, 4.69) is 0 Å². The van der Waals surface area contributed by atoms with Gasteiger partial charge in [-0.1, -0.05) is 52.4 Å². The number of nitrogens with zero attached hydrogens (tertiary/aromatic N) is 2. The van der Waals surface area contributed by atoms with Gasteiger partial charge in [0.2, 0.25) is 12.1 Å². The van der Waals surface area contributed by atoms with Crippen molar-refractivity contribution in [1.82, 2.24) is 0 Å². The third kappa shape index (κ3) is 8.54. The van der Waals surface area contributed by atoms with Gasteiger partial charge in [-0.3, -0.25) is 20.2 Å². The molecule has 0 unspecified atom stereocenters. The maximum Gasteiger partial charge on any atom is 0.241 e. The first kappa shape index (κ1) is 22.7. The lowest BCUT2D eigenvalue weighted by atomic mass is 9.93. The van der Waals surface area contributed by atoms with E-state index in [1.54, 1.807) is 0 Å². The van der Waals surface area contributed by atoms with Crippen LogP contribution in [-0.2, 0) is 0 Å². The number of unbranched alkanes of at least 4 members (excludes halogenated alkanes) is 6. The van der Waals surface area contributed by atoms with Crippen LogP contribution < -0.4 is 0 Å². The van der Waals surface area contributed by atoms with E-state index in [1.165, 1.54) is 0 Å². The van der Waals surface area contributed by atoms with Crippen LogP contribution in [0.25, 0.3) is 0 Å². The minimum atomic E-state index is -1.72. The molecule has 8 nitrogen and oxygen atoms in total. The van der Waals surface area contributed by atoms with Crippen molar-refractivity contribution in [3.8, 4) is 0 Å². The van der Waals surface area contributed by atoms with Gasteiger partial charge in [-0.15, -0.1) is 0 Å². The van der Waals surface area contributed by atoms with Gasteiger partial charge in [-0.2, -0.15) is 0 Å². The lowest BCUT2D eigenvalue weighted by Crippen LogP contribution is -2.49. The van der Waals surface area contributed by atoms with E-state index in [4.69, 9.17) is 0 Å². The van der Waals surface area contributed by atoms with Gasteiger partial charge in [-0.05, 0) is 12.8 Å². The minimum absolute atomic E-state index is 0.117. The molecule has 0 radical (unpaired) electrons. The fourth-order valence-electron chi connectivity index (χ4n) is 2.82. The lowest BCUT2D eigenvalue weighted by molar-refractivity contribution is -0.559. The molecule has 0 rings (SSSR count). The zero-order valence-corrected chi connectivity index (χ0v) is 14.8. The van der Waals surface area contributed by atoms with Crippen LogP contribution in [0.1, 0.15) is 78.1 Å². The quantitative estimate of drug-likeness (QED) is 0.266. The average Bonchev–Trinajstić information content (AvgIpc) is 2.53. The Hall–Kier alpha value is -1.28. The highest BCUT2D eigenvalue weighted by Crippen LogP contribution is 2.19. The van der Waals surface area contributed by atoms with Gasteiger partial charge in [0.05, 0.1) is 0 Å². The number of nitro groups is 2. The second-order valence-corrected chi connectivity index (χ2v) is 6.39. The predicted molar refractivity (Wildman–Crippen MR) is 91.1 cm³/mol. The van der Waals surface area contributed by atoms with E-state index < -0.39 is 34.1 Å². The summed E-state index contributed by atoms with van der Waals surface area (Å²) in [4.78, 5) is 21.1. The summed E-state index contributed by atoms with van der Waals surface area (Å²) in [7, 11) is 0. The summed E-state index contributed by atoms with van der Waals surface area (Å²) in [6, 6.07) is -2.73. The molecule has 24 heavy (non-hydrogen) atoms. The van der Waals surface area contributed by atoms with Crippen molar-refractivity contribution in [3.05, 3.63) is 20.2 Å². The standard InChI is InChI=1S/C16H32N2O6/c1-3-5-7-9-11-13(17(21)22)15(19)16(20)14(18(23)24)12-10-8-6-4-2/h13-16,19-20H,3-12H2,1-2H3/t13-,14+,15-,16-/m0/s1. The maximum absolute atomic E-state index is 11.2. The smallest absolute Gasteiger partial charge is 0.241 e. The van der Waals surface area contributed by atoms with Crippen molar-refractivity contribution < 1.29 is 20.1 Å². The molecule has 142 valence electrons. The van der Waals surface area contributed by atoms with Crippen LogP contribution in [0.3, 0.4) is 0 Å². The summed E-state index contributed by atoms with van der Waals surface area (Å²) in [6.45, 7) is 4.04. The molecule has 0 aliphatic heterocycles. The van der Waals surface area contributed by atoms with Gasteiger partial charge in [0, 0.05) is 22.7 Å². The summed E-state index contributed by atoms with van der Waals surface area (Å²) in [5.74, 6) is 0. The highest BCUT2D eigenvalue weighted by molar-refractivity contribution is 4.82. The molecule has 0 bridgehead atoms. The van der Waals surface area contributed by atoms with Crippen LogP contribution in [0, 0.1) is 20.2 Å². The molecule has 8 heteroatoms. The van der Waals surface area contributed by atoms with Crippen LogP contribution in [0.2, 0.25) is 0 Å². The van der Waals surface area contributed by atoms with E-state index in [0.717, 1.165) is 38.5 Å². The van der Waals surface area contributed by atoms with Crippen LogP contribution in [-0.4, -0.2) is 44.4 Å². The summed E-state index contributed by atoms with van der Waals surface area (Å²) < 4.78 is 0. The Kier molecular flexibility index (Phi) is 12.4. The van der Waals surface area contributed by atoms with E-state index >= 15 is 0 Å². The van der Waals surface area contributed by atoms with Crippen molar-refractivity contribution >= 4 is 0 Å². The fourth-order valence-corrected chi connectivity index (χ4v) is 2.82. The molecule has 0 heterocycles. The number of rotatable bonds is 15. The number of hydrogen-bond donors (Lipinski definition) is 2. The molecular formula is C16H32N2O6. The molecule has 0 aliphatic rings. The number of aliphatic hydroxyl groups is 2. The Morgan fingerprint density at radius 1 is 0.708 bits per heavy atom. The predicted octanol–water partition coefficient (Wildman–Crippen LogP) is 2.94. The average molecular weight is 348 g/mol. The first-order chi connectivity index (χ1) is 11.4. The molecular weight excluding hydrogens is 316 g/mol. The Morgan fingerprint density at radius 3 is 1.29 bits per heavy atom. The molecule has 0 spiro atoms. The summed E-state index contributed by atoms with van der Waals surface area (Å²) in [6.07, 6.45) is 3.37. The first-order valence-corrected chi connectivity index (χ1v) is 8.99. The third-order valence-electron chi connectivity index (χ3n) is 4.39. The molecule has 0 saturated carbocycles. The fraction of sp³-hybridized carbons (Fsp3) is 1.00. The molecule has 0 amide bonds. The van der Waals surface area contributed by atoms with E-state index in [0.29, 0.717) is 12.8 Å². The Labute approximate surface area is 143 Å². The molecule has 2 N–H and O–H groups in total. The monoisotopic (exact) mass is 348 g/mol. The second-order valence-electron chi connectivity index (χ2n) is 6.39. The van der Waals surface area contributed by atoms with Gasteiger partial charge in [0.15, 0.2) is 12.2 Å². The summed E-state index contributed by atoms with van der Waals surface area (Å²) in [5, 5.41) is 42.6. The van der Waals surface area contributed by atoms with E-state index in [9.17, 15) is 30.4 Å². The Balaban J connectivity index is 4.72. The molecule has 0 aliphatic carbocycles. The Bertz CT molecular complexity index is 332. The van der Waals surface area contributed by atoms with Crippen molar-refractivity contribution in [1.29, 1.82) is 0 Å². The third-order valence-corrected chi connectivity index (χ3v) is 4.39. The first-order valence-electron chi connectivity index (χ1n) is 8.99. The molecule has 0 aromatic heterocycles. The number of hydrogen-bond acceptors (Lipinski definition) is 6. The normalized spacial score (nSPS) is 16.3. The summed E-state index contributed by atoms with van der Waals surface area (Å²) in [5.41, 5.74) is 0. The largest absolute Gasteiger partial charge is 0.383 e. The van der Waals surface area contributed by atoms with Crippen LogP contribution in [0.5, 0.6) is 0 Å². The topological polar surface area (TPSA) is 127 Å². The Morgan fingerprint density at radius 2 is 1.04 bits per heavy atom. The summed E-state index contributed by atoms with van der Waals surface area (Å²) >= 11 is 0. The SMILES string of the molecule is CCCCCC[C@H]([C@H](O)[C@@H](O)[C@H](CCCCCC)[N+](=O)[O-])[N+](=O)[O-]. The second kappa shape index (κ2) is 13.1. The van der Waals surface area contributed by atoms with Crippen molar-refractivity contribution in [2.45, 2.75) is 102 Å².